The van der Waals surface area contributed by atoms with E-state index in [0.29, 0.717) is 18.3 Å². The van der Waals surface area contributed by atoms with E-state index in [1.54, 1.807) is 7.11 Å². The third-order valence-electron chi connectivity index (χ3n) is 6.81. The van der Waals surface area contributed by atoms with Gasteiger partial charge in [-0.3, -0.25) is 9.48 Å². The van der Waals surface area contributed by atoms with Gasteiger partial charge in [0.1, 0.15) is 6.54 Å². The summed E-state index contributed by atoms with van der Waals surface area (Å²) in [4.78, 5) is 19.4. The van der Waals surface area contributed by atoms with Crippen LogP contribution in [0.1, 0.15) is 43.0 Å². The molecule has 1 amide bonds. The van der Waals surface area contributed by atoms with Crippen molar-refractivity contribution in [3.8, 4) is 11.3 Å². The summed E-state index contributed by atoms with van der Waals surface area (Å²) in [5, 5.41) is 4.80. The van der Waals surface area contributed by atoms with Gasteiger partial charge in [0.15, 0.2) is 0 Å². The predicted molar refractivity (Wildman–Crippen MR) is 132 cm³/mol. The molecule has 3 heterocycles. The molecule has 0 bridgehead atoms. The first-order chi connectivity index (χ1) is 16.0. The fourth-order valence-electron chi connectivity index (χ4n) is 4.58. The molecule has 33 heavy (non-hydrogen) atoms. The minimum atomic E-state index is 0.143. The fraction of sp³-hybridized carbons (Fsp3) is 0.444. The first-order valence-corrected chi connectivity index (χ1v) is 11.9. The van der Waals surface area contributed by atoms with Crippen molar-refractivity contribution in [2.45, 2.75) is 53.0 Å². The lowest BCUT2D eigenvalue weighted by molar-refractivity contribution is -0.133. The second-order valence-electron chi connectivity index (χ2n) is 8.92. The number of methoxy groups -OCH3 is 1. The van der Waals surface area contributed by atoms with Crippen LogP contribution in [0, 0.1) is 19.8 Å². The zero-order valence-electron chi connectivity index (χ0n) is 20.2. The Morgan fingerprint density at radius 3 is 2.64 bits per heavy atom. The highest BCUT2D eigenvalue weighted by molar-refractivity contribution is 5.76. The van der Waals surface area contributed by atoms with Gasteiger partial charge in [0.25, 0.3) is 0 Å². The minimum absolute atomic E-state index is 0.143. The van der Waals surface area contributed by atoms with E-state index in [9.17, 15) is 4.79 Å². The van der Waals surface area contributed by atoms with Crippen LogP contribution < -0.4 is 0 Å². The number of benzene rings is 1. The van der Waals surface area contributed by atoms with Crippen molar-refractivity contribution in [2.75, 3.05) is 20.2 Å². The van der Waals surface area contributed by atoms with Gasteiger partial charge in [-0.2, -0.15) is 5.10 Å². The number of hydrogen-bond donors (Lipinski definition) is 0. The Morgan fingerprint density at radius 2 is 1.94 bits per heavy atom. The number of carbonyl (C=O) groups excluding carboxylic acids is 1. The number of hydrogen-bond acceptors (Lipinski definition) is 4. The van der Waals surface area contributed by atoms with Crippen molar-refractivity contribution in [3.05, 3.63) is 64.7 Å². The van der Waals surface area contributed by atoms with Crippen molar-refractivity contribution in [1.82, 2.24) is 14.7 Å². The van der Waals surface area contributed by atoms with Gasteiger partial charge in [0.2, 0.25) is 11.8 Å². The van der Waals surface area contributed by atoms with Crippen molar-refractivity contribution < 1.29 is 9.53 Å². The van der Waals surface area contributed by atoms with E-state index in [2.05, 4.69) is 56.1 Å². The van der Waals surface area contributed by atoms with E-state index in [-0.39, 0.29) is 5.91 Å². The first kappa shape index (κ1) is 23.0. The number of allylic oxidation sites excluding steroid dienone is 3. The number of rotatable bonds is 6. The molecule has 0 radical (unpaired) electrons. The molecule has 6 heteroatoms. The van der Waals surface area contributed by atoms with Gasteiger partial charge < -0.3 is 9.64 Å². The summed E-state index contributed by atoms with van der Waals surface area (Å²) in [6, 6.07) is 8.53. The summed E-state index contributed by atoms with van der Waals surface area (Å²) in [5.41, 5.74) is 6.92. The van der Waals surface area contributed by atoms with Crippen LogP contribution in [0.25, 0.3) is 11.3 Å². The van der Waals surface area contributed by atoms with Gasteiger partial charge in [-0.05, 0) is 67.9 Å². The second kappa shape index (κ2) is 10.2. The average molecular weight is 447 g/mol. The Hall–Kier alpha value is -3.15. The molecule has 0 atom stereocenters. The number of aryl methyl sites for hydroxylation is 3. The van der Waals surface area contributed by atoms with Crippen molar-refractivity contribution in [2.24, 2.45) is 10.9 Å². The van der Waals surface area contributed by atoms with Gasteiger partial charge in [0.05, 0.1) is 12.8 Å². The van der Waals surface area contributed by atoms with Gasteiger partial charge in [-0.25, -0.2) is 4.99 Å². The first-order valence-electron chi connectivity index (χ1n) is 11.9. The highest BCUT2D eigenvalue weighted by Gasteiger charge is 2.26. The Morgan fingerprint density at radius 1 is 1.15 bits per heavy atom. The quantitative estimate of drug-likeness (QED) is 0.637. The molecule has 0 N–H and O–H groups in total. The molecule has 0 unspecified atom stereocenters. The molecule has 1 fully saturated rings. The van der Waals surface area contributed by atoms with Crippen LogP contribution in [0.3, 0.4) is 0 Å². The molecular weight excluding hydrogens is 412 g/mol. The van der Waals surface area contributed by atoms with Crippen LogP contribution >= 0.6 is 0 Å². The highest BCUT2D eigenvalue weighted by atomic mass is 16.5. The maximum atomic E-state index is 13.1. The molecule has 6 nitrogen and oxygen atoms in total. The second-order valence-corrected chi connectivity index (χ2v) is 8.92. The van der Waals surface area contributed by atoms with Crippen LogP contribution in [0.5, 0.6) is 0 Å². The van der Waals surface area contributed by atoms with Gasteiger partial charge >= 0.3 is 0 Å². The van der Waals surface area contributed by atoms with Crippen LogP contribution in [0.2, 0.25) is 0 Å². The number of amides is 1. The Bertz CT molecular complexity index is 1100. The van der Waals surface area contributed by atoms with Crippen molar-refractivity contribution in [1.29, 1.82) is 0 Å². The fourth-order valence-corrected chi connectivity index (χ4v) is 4.58. The summed E-state index contributed by atoms with van der Waals surface area (Å²) >= 11 is 0. The van der Waals surface area contributed by atoms with Crippen molar-refractivity contribution >= 4 is 12.1 Å². The van der Waals surface area contributed by atoms with E-state index in [1.165, 1.54) is 16.7 Å². The van der Waals surface area contributed by atoms with Crippen molar-refractivity contribution in [3.63, 3.8) is 0 Å². The molecule has 0 spiro atoms. The molecule has 2 aliphatic rings. The number of ether oxygens (including phenoxy) is 1. The van der Waals surface area contributed by atoms with Crippen LogP contribution in [0.4, 0.5) is 0 Å². The van der Waals surface area contributed by atoms with Gasteiger partial charge in [-0.1, -0.05) is 25.1 Å². The summed E-state index contributed by atoms with van der Waals surface area (Å²) in [6.07, 6.45) is 9.72. The number of aromatic nitrogens is 2. The molecule has 2 aliphatic heterocycles. The van der Waals surface area contributed by atoms with Crippen LogP contribution in [-0.2, 0) is 22.5 Å². The molecule has 4 rings (SSSR count). The van der Waals surface area contributed by atoms with Crippen LogP contribution in [-0.4, -0.2) is 47.0 Å². The Balaban J connectivity index is 1.40. The molecule has 0 saturated carbocycles. The zero-order valence-corrected chi connectivity index (χ0v) is 20.2. The molecule has 1 aromatic carbocycles. The summed E-state index contributed by atoms with van der Waals surface area (Å²) in [6.45, 7) is 8.18. The van der Waals surface area contributed by atoms with E-state index < -0.39 is 0 Å². The third kappa shape index (κ3) is 5.27. The average Bonchev–Trinajstić information content (AvgIpc) is 3.08. The SMILES string of the molecule is CCc1cc(-c2ccc(C)c(C)c2)nn1CC(=O)N1CCC(C2=CCC=NC(OC)=C2)CC1. The number of carbonyl (C=O) groups is 1. The number of piperidine rings is 1. The number of aliphatic imine (C=N–C) groups is 1. The van der Waals surface area contributed by atoms with Crippen LogP contribution in [0.15, 0.2) is 52.9 Å². The molecule has 174 valence electrons. The Kier molecular flexibility index (Phi) is 7.11. The minimum Gasteiger partial charge on any atom is -0.481 e. The molecule has 1 aromatic heterocycles. The van der Waals surface area contributed by atoms with E-state index in [1.807, 2.05) is 21.9 Å². The number of likely N-dealkylation sites (tertiary alicyclic amines) is 1. The lowest BCUT2D eigenvalue weighted by atomic mass is 9.88. The largest absolute Gasteiger partial charge is 0.481 e. The summed E-state index contributed by atoms with van der Waals surface area (Å²) in [7, 11) is 1.65. The summed E-state index contributed by atoms with van der Waals surface area (Å²) in [5.74, 6) is 1.24. The Labute approximate surface area is 196 Å². The molecule has 0 aliphatic carbocycles. The molecule has 2 aromatic rings. The van der Waals surface area contributed by atoms with E-state index in [4.69, 9.17) is 9.84 Å². The van der Waals surface area contributed by atoms with Gasteiger partial charge in [0, 0.05) is 43.1 Å². The summed E-state index contributed by atoms with van der Waals surface area (Å²) < 4.78 is 7.22. The van der Waals surface area contributed by atoms with Gasteiger partial charge in [-0.15, -0.1) is 0 Å². The highest BCUT2D eigenvalue weighted by Crippen LogP contribution is 2.28. The molecular formula is C27H34N4O2. The van der Waals surface area contributed by atoms with E-state index >= 15 is 0 Å². The zero-order chi connectivity index (χ0) is 23.4. The smallest absolute Gasteiger partial charge is 0.244 e. The maximum Gasteiger partial charge on any atom is 0.244 e. The predicted octanol–water partition coefficient (Wildman–Crippen LogP) is 4.86. The maximum absolute atomic E-state index is 13.1. The number of nitrogens with zero attached hydrogens (tertiary/aromatic N) is 4. The topological polar surface area (TPSA) is 59.7 Å². The monoisotopic (exact) mass is 446 g/mol. The molecule has 1 saturated heterocycles. The lowest BCUT2D eigenvalue weighted by Crippen LogP contribution is -2.40. The third-order valence-corrected chi connectivity index (χ3v) is 6.81. The standard InChI is InChI=1S/C27H34N4O2/c1-5-24-17-25(23-9-8-19(2)20(3)15-23)29-31(24)18-27(32)30-13-10-21(11-14-30)22-7-6-12-28-26(16-22)33-4/h7-9,12,15-17,21H,5-6,10-11,13-14,18H2,1-4H3. The lowest BCUT2D eigenvalue weighted by Gasteiger charge is -2.32. The van der Waals surface area contributed by atoms with E-state index in [0.717, 1.165) is 55.7 Å². The normalized spacial score (nSPS) is 16.9.